The van der Waals surface area contributed by atoms with E-state index in [4.69, 9.17) is 0 Å². The summed E-state index contributed by atoms with van der Waals surface area (Å²) in [6, 6.07) is 11.9. The summed E-state index contributed by atoms with van der Waals surface area (Å²) in [6.07, 6.45) is 5.64. The summed E-state index contributed by atoms with van der Waals surface area (Å²) in [7, 11) is 2.52. The molecule has 0 saturated heterocycles. The minimum atomic E-state index is -0.551. The van der Waals surface area contributed by atoms with Crippen LogP contribution in [-0.2, 0) is 16.1 Å². The van der Waals surface area contributed by atoms with Crippen LogP contribution in [0, 0.1) is 11.6 Å². The van der Waals surface area contributed by atoms with Crippen molar-refractivity contribution in [3.8, 4) is 22.3 Å². The third kappa shape index (κ3) is 6.29. The second-order valence-electron chi connectivity index (χ2n) is 7.64. The standard InChI is InChI=1S/C14H12FNO3.C14H10FNO3/c2*1-19-14(18)9-2-3-11(10(6-9)8-17)12-4-5-16-7-13(12)15/h2-7,17H,8H2,1H3;2-8H,1H3. The second kappa shape index (κ2) is 12.9. The van der Waals surface area contributed by atoms with Crippen molar-refractivity contribution in [1.29, 1.82) is 0 Å². The van der Waals surface area contributed by atoms with E-state index in [1.165, 1.54) is 69.1 Å². The Bertz CT molecular complexity index is 1480. The highest BCUT2D eigenvalue weighted by atomic mass is 19.1. The highest BCUT2D eigenvalue weighted by Gasteiger charge is 2.14. The first kappa shape index (κ1) is 27.8. The van der Waals surface area contributed by atoms with Gasteiger partial charge < -0.3 is 14.6 Å². The average Bonchev–Trinajstić information content (AvgIpc) is 2.96. The summed E-state index contributed by atoms with van der Waals surface area (Å²) in [6.45, 7) is -0.304. The first-order chi connectivity index (χ1) is 18.3. The van der Waals surface area contributed by atoms with Gasteiger partial charge in [0.1, 0.15) is 11.6 Å². The first-order valence-electron chi connectivity index (χ1n) is 11.0. The molecule has 4 aromatic rings. The highest BCUT2D eigenvalue weighted by molar-refractivity contribution is 5.95. The molecule has 10 heteroatoms. The minimum Gasteiger partial charge on any atom is -0.465 e. The van der Waals surface area contributed by atoms with Crippen LogP contribution >= 0.6 is 0 Å². The van der Waals surface area contributed by atoms with Crippen molar-refractivity contribution >= 4 is 18.2 Å². The Kier molecular flexibility index (Phi) is 9.44. The summed E-state index contributed by atoms with van der Waals surface area (Å²) in [5.74, 6) is -2.07. The van der Waals surface area contributed by atoms with E-state index in [0.717, 1.165) is 12.4 Å². The molecule has 0 amide bonds. The molecule has 194 valence electrons. The van der Waals surface area contributed by atoms with E-state index in [1.54, 1.807) is 6.07 Å². The van der Waals surface area contributed by atoms with Gasteiger partial charge in [-0.1, -0.05) is 12.1 Å². The largest absolute Gasteiger partial charge is 0.465 e. The van der Waals surface area contributed by atoms with Crippen LogP contribution in [0.3, 0.4) is 0 Å². The molecule has 0 atom stereocenters. The van der Waals surface area contributed by atoms with Crippen LogP contribution in [0.1, 0.15) is 36.6 Å². The number of aldehydes is 1. The number of hydrogen-bond acceptors (Lipinski definition) is 8. The number of aromatic nitrogens is 2. The Morgan fingerprint density at radius 3 is 1.76 bits per heavy atom. The zero-order chi connectivity index (χ0) is 27.7. The predicted octanol–water partition coefficient (Wildman–Crippen LogP) is 4.65. The molecule has 2 heterocycles. The molecule has 4 rings (SSSR count). The van der Waals surface area contributed by atoms with Crippen LogP contribution in [0.4, 0.5) is 8.78 Å². The van der Waals surface area contributed by atoms with E-state index in [9.17, 15) is 28.3 Å². The molecule has 0 aliphatic heterocycles. The van der Waals surface area contributed by atoms with Crippen molar-refractivity contribution in [3.05, 3.63) is 107 Å². The molecular formula is C28H22F2N2O6. The quantitative estimate of drug-likeness (QED) is 0.289. The fourth-order valence-corrected chi connectivity index (χ4v) is 3.57. The number of carbonyl (C=O) groups excluding carboxylic acids is 3. The van der Waals surface area contributed by atoms with Crippen LogP contribution in [0.2, 0.25) is 0 Å². The summed E-state index contributed by atoms with van der Waals surface area (Å²) in [5.41, 5.74) is 2.73. The van der Waals surface area contributed by atoms with Gasteiger partial charge in [-0.2, -0.15) is 0 Å². The smallest absolute Gasteiger partial charge is 0.337 e. The van der Waals surface area contributed by atoms with Gasteiger partial charge in [0, 0.05) is 29.1 Å². The molecule has 1 N–H and O–H groups in total. The lowest BCUT2D eigenvalue weighted by molar-refractivity contribution is 0.0591. The van der Waals surface area contributed by atoms with Crippen molar-refractivity contribution in [1.82, 2.24) is 9.97 Å². The monoisotopic (exact) mass is 520 g/mol. The molecule has 0 spiro atoms. The molecule has 0 fully saturated rings. The number of benzene rings is 2. The summed E-state index contributed by atoms with van der Waals surface area (Å²) in [4.78, 5) is 41.2. The molecule has 2 aromatic carbocycles. The maximum absolute atomic E-state index is 13.7. The van der Waals surface area contributed by atoms with E-state index in [2.05, 4.69) is 19.4 Å². The van der Waals surface area contributed by atoms with Crippen molar-refractivity contribution in [2.45, 2.75) is 6.61 Å². The van der Waals surface area contributed by atoms with E-state index >= 15 is 0 Å². The number of methoxy groups -OCH3 is 2. The number of hydrogen-bond donors (Lipinski definition) is 1. The van der Waals surface area contributed by atoms with Gasteiger partial charge in [-0.25, -0.2) is 18.4 Å². The lowest BCUT2D eigenvalue weighted by atomic mass is 9.98. The number of ether oxygens (including phenoxy) is 2. The van der Waals surface area contributed by atoms with Gasteiger partial charge in [0.05, 0.1) is 44.3 Å². The fraction of sp³-hybridized carbons (Fsp3) is 0.107. The van der Waals surface area contributed by atoms with E-state index in [0.29, 0.717) is 34.1 Å². The summed E-state index contributed by atoms with van der Waals surface area (Å²) < 4.78 is 36.5. The van der Waals surface area contributed by atoms with E-state index in [1.807, 2.05) is 0 Å². The average molecular weight is 520 g/mol. The number of rotatable bonds is 6. The van der Waals surface area contributed by atoms with Gasteiger partial charge in [0.2, 0.25) is 0 Å². The summed E-state index contributed by atoms with van der Waals surface area (Å²) in [5, 5.41) is 9.36. The molecule has 0 aliphatic rings. The lowest BCUT2D eigenvalue weighted by Gasteiger charge is -2.10. The van der Waals surface area contributed by atoms with Gasteiger partial charge in [-0.05, 0) is 53.1 Å². The van der Waals surface area contributed by atoms with Crippen molar-refractivity contribution in [2.24, 2.45) is 0 Å². The molecular weight excluding hydrogens is 498 g/mol. The SMILES string of the molecule is COC(=O)c1ccc(-c2ccncc2F)c(C=O)c1.COC(=O)c1ccc(-c2ccncc2F)c(CO)c1. The van der Waals surface area contributed by atoms with Gasteiger partial charge in [-0.3, -0.25) is 14.8 Å². The van der Waals surface area contributed by atoms with Gasteiger partial charge in [0.15, 0.2) is 6.29 Å². The maximum Gasteiger partial charge on any atom is 0.337 e. The van der Waals surface area contributed by atoms with Crippen LogP contribution < -0.4 is 0 Å². The molecule has 8 nitrogen and oxygen atoms in total. The highest BCUT2D eigenvalue weighted by Crippen LogP contribution is 2.27. The molecule has 0 aliphatic carbocycles. The second-order valence-corrected chi connectivity index (χ2v) is 7.64. The number of halogens is 2. The third-order valence-corrected chi connectivity index (χ3v) is 5.42. The zero-order valence-electron chi connectivity index (χ0n) is 20.4. The van der Waals surface area contributed by atoms with Crippen LogP contribution in [-0.4, -0.2) is 47.5 Å². The number of aliphatic hydroxyl groups is 1. The van der Waals surface area contributed by atoms with Crippen molar-refractivity contribution in [3.63, 3.8) is 0 Å². The minimum absolute atomic E-state index is 0.216. The third-order valence-electron chi connectivity index (χ3n) is 5.42. The van der Waals surface area contributed by atoms with Crippen LogP contribution in [0.5, 0.6) is 0 Å². The van der Waals surface area contributed by atoms with Crippen LogP contribution in [0.15, 0.2) is 73.3 Å². The van der Waals surface area contributed by atoms with Gasteiger partial charge in [0.25, 0.3) is 0 Å². The number of aliphatic hydroxyl groups excluding tert-OH is 1. The van der Waals surface area contributed by atoms with Gasteiger partial charge >= 0.3 is 11.9 Å². The van der Waals surface area contributed by atoms with E-state index in [-0.39, 0.29) is 23.3 Å². The van der Waals surface area contributed by atoms with Crippen molar-refractivity contribution in [2.75, 3.05) is 14.2 Å². The lowest BCUT2D eigenvalue weighted by Crippen LogP contribution is -2.03. The maximum atomic E-state index is 13.7. The summed E-state index contributed by atoms with van der Waals surface area (Å²) >= 11 is 0. The number of nitrogens with zero attached hydrogens (tertiary/aromatic N) is 2. The predicted molar refractivity (Wildman–Crippen MR) is 133 cm³/mol. The Morgan fingerprint density at radius 1 is 0.789 bits per heavy atom. The number of pyridine rings is 2. The van der Waals surface area contributed by atoms with E-state index < -0.39 is 23.6 Å². The number of esters is 2. The Balaban J connectivity index is 0.000000211. The molecule has 0 unspecified atom stereocenters. The molecule has 2 aromatic heterocycles. The molecule has 0 bridgehead atoms. The Labute approximate surface area is 216 Å². The molecule has 38 heavy (non-hydrogen) atoms. The Hall–Kier alpha value is -4.83. The fourth-order valence-electron chi connectivity index (χ4n) is 3.57. The first-order valence-corrected chi connectivity index (χ1v) is 11.0. The molecule has 0 radical (unpaired) electrons. The molecule has 0 saturated carbocycles. The zero-order valence-corrected chi connectivity index (χ0v) is 20.4. The van der Waals surface area contributed by atoms with Gasteiger partial charge in [-0.15, -0.1) is 0 Å². The Morgan fingerprint density at radius 2 is 1.29 bits per heavy atom. The topological polar surface area (TPSA) is 116 Å². The van der Waals surface area contributed by atoms with Crippen molar-refractivity contribution < 1.29 is 37.7 Å². The van der Waals surface area contributed by atoms with Crippen LogP contribution in [0.25, 0.3) is 22.3 Å². The normalized spacial score (nSPS) is 10.1. The number of carbonyl (C=O) groups is 3.